The van der Waals surface area contributed by atoms with Crippen LogP contribution in [0.4, 0.5) is 0 Å². The molecule has 1 rings (SSSR count). The first-order chi connectivity index (χ1) is 5.13. The molecule has 1 aliphatic carbocycles. The predicted molar refractivity (Wildman–Crippen MR) is 39.2 cm³/mol. The van der Waals surface area contributed by atoms with E-state index in [1.54, 1.807) is 7.11 Å². The van der Waals surface area contributed by atoms with E-state index in [9.17, 15) is 4.79 Å². The van der Waals surface area contributed by atoms with E-state index in [1.165, 1.54) is 0 Å². The van der Waals surface area contributed by atoms with Gasteiger partial charge < -0.3 is 15.6 Å². The molecule has 4 nitrogen and oxygen atoms in total. The van der Waals surface area contributed by atoms with Crippen molar-refractivity contribution in [1.29, 1.82) is 0 Å². The van der Waals surface area contributed by atoms with Gasteiger partial charge in [-0.15, -0.1) is 0 Å². The van der Waals surface area contributed by atoms with Crippen LogP contribution in [-0.2, 0) is 9.53 Å². The molecule has 0 spiro atoms. The molecule has 0 aromatic rings. The molecule has 1 aliphatic rings. The van der Waals surface area contributed by atoms with Crippen LogP contribution in [0.15, 0.2) is 0 Å². The highest BCUT2D eigenvalue weighted by molar-refractivity contribution is 5.71. The van der Waals surface area contributed by atoms with Crippen LogP contribution in [0.5, 0.6) is 0 Å². The summed E-state index contributed by atoms with van der Waals surface area (Å²) in [6.07, 6.45) is 1.10. The minimum absolute atomic E-state index is 0.251. The van der Waals surface area contributed by atoms with Gasteiger partial charge in [-0.1, -0.05) is 0 Å². The molecule has 0 radical (unpaired) electrons. The van der Waals surface area contributed by atoms with Gasteiger partial charge in [0.15, 0.2) is 0 Å². The Balaban J connectivity index is 2.41. The van der Waals surface area contributed by atoms with Crippen molar-refractivity contribution in [2.75, 3.05) is 13.7 Å². The summed E-state index contributed by atoms with van der Waals surface area (Å²) in [5.74, 6) is -0.996. The van der Waals surface area contributed by atoms with Crippen molar-refractivity contribution in [3.63, 3.8) is 0 Å². The number of hydrogen-bond donors (Lipinski definition) is 2. The van der Waals surface area contributed by atoms with Crippen molar-refractivity contribution < 1.29 is 14.6 Å². The molecule has 0 amide bonds. The van der Waals surface area contributed by atoms with Crippen molar-refractivity contribution in [2.45, 2.75) is 18.4 Å². The molecule has 1 fully saturated rings. The van der Waals surface area contributed by atoms with Crippen LogP contribution in [-0.4, -0.2) is 30.3 Å². The monoisotopic (exact) mass is 159 g/mol. The molecule has 4 heteroatoms. The van der Waals surface area contributed by atoms with Crippen LogP contribution in [0.1, 0.15) is 12.8 Å². The zero-order chi connectivity index (χ0) is 8.48. The first-order valence-electron chi connectivity index (χ1n) is 3.61. The van der Waals surface area contributed by atoms with E-state index in [2.05, 4.69) is 0 Å². The molecular weight excluding hydrogens is 146 g/mol. The molecule has 11 heavy (non-hydrogen) atoms. The first kappa shape index (κ1) is 8.49. The number of nitrogens with two attached hydrogens (primary N) is 1. The van der Waals surface area contributed by atoms with Crippen LogP contribution in [0.3, 0.4) is 0 Å². The SMILES string of the molecule is COC1(CN)CC(C(=O)O)C1. The van der Waals surface area contributed by atoms with Gasteiger partial charge in [0, 0.05) is 13.7 Å². The average Bonchev–Trinajstić information content (AvgIpc) is 1.87. The number of carbonyl (C=O) groups is 1. The fraction of sp³-hybridized carbons (Fsp3) is 0.857. The standard InChI is InChI=1S/C7H13NO3/c1-11-7(4-8)2-5(3-7)6(9)10/h5H,2-4,8H2,1H3,(H,9,10). The third-order valence-electron chi connectivity index (χ3n) is 2.39. The summed E-state index contributed by atoms with van der Waals surface area (Å²) in [6.45, 7) is 0.410. The summed E-state index contributed by atoms with van der Waals surface area (Å²) in [5, 5.41) is 8.56. The van der Waals surface area contributed by atoms with Crippen molar-refractivity contribution in [3.8, 4) is 0 Å². The lowest BCUT2D eigenvalue weighted by molar-refractivity contribution is -0.161. The van der Waals surface area contributed by atoms with Crippen LogP contribution >= 0.6 is 0 Å². The Bertz CT molecular complexity index is 157. The van der Waals surface area contributed by atoms with E-state index >= 15 is 0 Å². The minimum Gasteiger partial charge on any atom is -0.481 e. The highest BCUT2D eigenvalue weighted by Crippen LogP contribution is 2.39. The highest BCUT2D eigenvalue weighted by Gasteiger charge is 2.46. The van der Waals surface area contributed by atoms with Crippen molar-refractivity contribution in [2.24, 2.45) is 11.7 Å². The van der Waals surface area contributed by atoms with Gasteiger partial charge in [0.1, 0.15) is 0 Å². The van der Waals surface area contributed by atoms with Gasteiger partial charge in [-0.05, 0) is 12.8 Å². The molecule has 64 valence electrons. The summed E-state index contributed by atoms with van der Waals surface area (Å²) in [5.41, 5.74) is 5.08. The zero-order valence-electron chi connectivity index (χ0n) is 6.54. The van der Waals surface area contributed by atoms with Crippen LogP contribution < -0.4 is 5.73 Å². The Hall–Kier alpha value is -0.610. The van der Waals surface area contributed by atoms with Crippen molar-refractivity contribution >= 4 is 5.97 Å². The number of carboxylic acid groups (broad SMARTS) is 1. The van der Waals surface area contributed by atoms with Gasteiger partial charge in [-0.2, -0.15) is 0 Å². The second-order valence-electron chi connectivity index (χ2n) is 3.03. The van der Waals surface area contributed by atoms with E-state index in [4.69, 9.17) is 15.6 Å². The van der Waals surface area contributed by atoms with Gasteiger partial charge in [-0.25, -0.2) is 0 Å². The van der Waals surface area contributed by atoms with E-state index in [1.807, 2.05) is 0 Å². The van der Waals surface area contributed by atoms with Gasteiger partial charge in [0.2, 0.25) is 0 Å². The quantitative estimate of drug-likeness (QED) is 0.599. The van der Waals surface area contributed by atoms with Crippen molar-refractivity contribution in [1.82, 2.24) is 0 Å². The number of hydrogen-bond acceptors (Lipinski definition) is 3. The molecular formula is C7H13NO3. The summed E-state index contributed by atoms with van der Waals surface area (Å²) >= 11 is 0. The van der Waals surface area contributed by atoms with Crippen molar-refractivity contribution in [3.05, 3.63) is 0 Å². The fourth-order valence-corrected chi connectivity index (χ4v) is 1.43. The maximum absolute atomic E-state index is 10.4. The van der Waals surface area contributed by atoms with Gasteiger partial charge in [0.25, 0.3) is 0 Å². The highest BCUT2D eigenvalue weighted by atomic mass is 16.5. The van der Waals surface area contributed by atoms with E-state index in [-0.39, 0.29) is 11.5 Å². The van der Waals surface area contributed by atoms with E-state index in [0.717, 1.165) is 0 Å². The molecule has 0 saturated heterocycles. The van der Waals surface area contributed by atoms with Crippen LogP contribution in [0.25, 0.3) is 0 Å². The molecule has 0 bridgehead atoms. The summed E-state index contributed by atoms with van der Waals surface area (Å²) in [7, 11) is 1.57. The van der Waals surface area contributed by atoms with Crippen LogP contribution in [0, 0.1) is 5.92 Å². The average molecular weight is 159 g/mol. The maximum Gasteiger partial charge on any atom is 0.306 e. The van der Waals surface area contributed by atoms with Gasteiger partial charge in [-0.3, -0.25) is 4.79 Å². The summed E-state index contributed by atoms with van der Waals surface area (Å²) < 4.78 is 5.12. The second-order valence-corrected chi connectivity index (χ2v) is 3.03. The Morgan fingerprint density at radius 2 is 2.36 bits per heavy atom. The molecule has 0 unspecified atom stereocenters. The molecule has 0 aromatic heterocycles. The third kappa shape index (κ3) is 1.36. The zero-order valence-corrected chi connectivity index (χ0v) is 6.54. The van der Waals surface area contributed by atoms with Gasteiger partial charge in [0.05, 0.1) is 11.5 Å². The lowest BCUT2D eigenvalue weighted by Gasteiger charge is -2.43. The fourth-order valence-electron chi connectivity index (χ4n) is 1.43. The smallest absolute Gasteiger partial charge is 0.306 e. The summed E-state index contributed by atoms with van der Waals surface area (Å²) in [6, 6.07) is 0. The Morgan fingerprint density at radius 3 is 2.64 bits per heavy atom. The van der Waals surface area contributed by atoms with Crippen LogP contribution in [0.2, 0.25) is 0 Å². The molecule has 0 atom stereocenters. The lowest BCUT2D eigenvalue weighted by Crippen LogP contribution is -2.53. The first-order valence-corrected chi connectivity index (χ1v) is 3.61. The molecule has 0 aromatic carbocycles. The number of carboxylic acids is 1. The number of ether oxygens (including phenoxy) is 1. The van der Waals surface area contributed by atoms with Gasteiger partial charge >= 0.3 is 5.97 Å². The number of aliphatic carboxylic acids is 1. The summed E-state index contributed by atoms with van der Waals surface area (Å²) in [4.78, 5) is 10.4. The largest absolute Gasteiger partial charge is 0.481 e. The maximum atomic E-state index is 10.4. The Morgan fingerprint density at radius 1 is 1.82 bits per heavy atom. The Labute approximate surface area is 65.3 Å². The number of methoxy groups -OCH3 is 1. The Kier molecular flexibility index (Phi) is 2.15. The second kappa shape index (κ2) is 2.79. The molecule has 0 heterocycles. The molecule has 1 saturated carbocycles. The molecule has 0 aliphatic heterocycles. The van der Waals surface area contributed by atoms with E-state index < -0.39 is 5.97 Å². The minimum atomic E-state index is -0.744. The molecule has 3 N–H and O–H groups in total. The predicted octanol–water partition coefficient (Wildman–Crippen LogP) is -0.175. The normalized spacial score (nSPS) is 36.4. The topological polar surface area (TPSA) is 72.5 Å². The third-order valence-corrected chi connectivity index (χ3v) is 2.39. The lowest BCUT2D eigenvalue weighted by atomic mass is 9.71. The number of rotatable bonds is 3. The van der Waals surface area contributed by atoms with E-state index in [0.29, 0.717) is 19.4 Å².